The van der Waals surface area contributed by atoms with Gasteiger partial charge in [0.2, 0.25) is 0 Å². The Labute approximate surface area is 121 Å². The summed E-state index contributed by atoms with van der Waals surface area (Å²) in [6, 6.07) is 7.72. The van der Waals surface area contributed by atoms with Crippen LogP contribution in [0.5, 0.6) is 5.75 Å². The first-order valence-electron chi connectivity index (χ1n) is 7.15. The molecule has 4 nitrogen and oxygen atoms in total. The van der Waals surface area contributed by atoms with Crippen LogP contribution in [-0.4, -0.2) is 35.6 Å². The first-order valence-corrected chi connectivity index (χ1v) is 7.15. The molecule has 0 aromatic heterocycles. The molecule has 0 aliphatic carbocycles. The molecule has 20 heavy (non-hydrogen) atoms. The summed E-state index contributed by atoms with van der Waals surface area (Å²) in [6.07, 6.45) is 0.615. The molecule has 0 heterocycles. The topological polar surface area (TPSA) is 58.9 Å². The van der Waals surface area contributed by atoms with Gasteiger partial charge in [-0.15, -0.1) is 0 Å². The highest BCUT2D eigenvalue weighted by Gasteiger charge is 2.14. The summed E-state index contributed by atoms with van der Waals surface area (Å²) in [5, 5.41) is 19.3. The van der Waals surface area contributed by atoms with Crippen molar-refractivity contribution < 1.29 is 19.7 Å². The van der Waals surface area contributed by atoms with Crippen molar-refractivity contribution in [3.05, 3.63) is 29.8 Å². The van der Waals surface area contributed by atoms with Crippen molar-refractivity contribution in [2.75, 3.05) is 7.11 Å². The number of aliphatic hydroxyl groups is 2. The second-order valence-corrected chi connectivity index (χ2v) is 5.16. The third-order valence-electron chi connectivity index (χ3n) is 3.31. The summed E-state index contributed by atoms with van der Waals surface area (Å²) in [7, 11) is 1.64. The Balaban J connectivity index is 2.29. The SMILES string of the molecule is CC[C@@H](O)C[C@H](O)C[C@@H](C)OCc1ccc(OC)cc1. The zero-order chi connectivity index (χ0) is 15.0. The van der Waals surface area contributed by atoms with Crippen LogP contribution in [0.4, 0.5) is 0 Å². The highest BCUT2D eigenvalue weighted by atomic mass is 16.5. The number of hydrogen-bond acceptors (Lipinski definition) is 4. The van der Waals surface area contributed by atoms with Gasteiger partial charge >= 0.3 is 0 Å². The minimum Gasteiger partial charge on any atom is -0.497 e. The minimum absolute atomic E-state index is 0.0452. The molecule has 2 N–H and O–H groups in total. The third kappa shape index (κ3) is 6.37. The molecule has 1 aromatic rings. The molecule has 0 amide bonds. The van der Waals surface area contributed by atoms with Gasteiger partial charge in [0.25, 0.3) is 0 Å². The van der Waals surface area contributed by atoms with Gasteiger partial charge in [0.1, 0.15) is 5.75 Å². The average Bonchev–Trinajstić information content (AvgIpc) is 2.45. The molecule has 0 fully saturated rings. The second kappa shape index (κ2) is 8.95. The summed E-state index contributed by atoms with van der Waals surface area (Å²) < 4.78 is 10.8. The first-order chi connectivity index (χ1) is 9.55. The highest BCUT2D eigenvalue weighted by Crippen LogP contribution is 2.14. The molecule has 0 bridgehead atoms. The van der Waals surface area contributed by atoms with Gasteiger partial charge in [-0.05, 0) is 43.9 Å². The fourth-order valence-electron chi connectivity index (χ4n) is 1.99. The van der Waals surface area contributed by atoms with Gasteiger partial charge in [0.15, 0.2) is 0 Å². The maximum atomic E-state index is 9.83. The van der Waals surface area contributed by atoms with E-state index in [2.05, 4.69) is 0 Å². The molecule has 4 heteroatoms. The van der Waals surface area contributed by atoms with Crippen molar-refractivity contribution in [1.82, 2.24) is 0 Å². The van der Waals surface area contributed by atoms with E-state index >= 15 is 0 Å². The van der Waals surface area contributed by atoms with E-state index in [1.807, 2.05) is 38.1 Å². The van der Waals surface area contributed by atoms with Gasteiger partial charge in [-0.3, -0.25) is 0 Å². The molecule has 0 saturated heterocycles. The van der Waals surface area contributed by atoms with Crippen molar-refractivity contribution in [1.29, 1.82) is 0 Å². The van der Waals surface area contributed by atoms with Crippen LogP contribution in [0, 0.1) is 0 Å². The van der Waals surface area contributed by atoms with E-state index in [1.54, 1.807) is 7.11 Å². The van der Waals surface area contributed by atoms with E-state index < -0.39 is 12.2 Å². The van der Waals surface area contributed by atoms with Crippen LogP contribution in [0.1, 0.15) is 38.7 Å². The maximum Gasteiger partial charge on any atom is 0.118 e. The van der Waals surface area contributed by atoms with Gasteiger partial charge in [0.05, 0.1) is 32.0 Å². The van der Waals surface area contributed by atoms with Crippen LogP contribution in [0.2, 0.25) is 0 Å². The summed E-state index contributed by atoms with van der Waals surface area (Å²) in [5.74, 6) is 0.825. The van der Waals surface area contributed by atoms with E-state index in [-0.39, 0.29) is 6.10 Å². The van der Waals surface area contributed by atoms with E-state index in [9.17, 15) is 10.2 Å². The van der Waals surface area contributed by atoms with E-state index in [0.717, 1.165) is 11.3 Å². The minimum atomic E-state index is -0.518. The fourth-order valence-corrected chi connectivity index (χ4v) is 1.99. The van der Waals surface area contributed by atoms with Gasteiger partial charge in [-0.2, -0.15) is 0 Å². The summed E-state index contributed by atoms with van der Waals surface area (Å²) in [6.45, 7) is 4.35. The predicted octanol–water partition coefficient (Wildman–Crippen LogP) is 2.51. The maximum absolute atomic E-state index is 9.83. The average molecular weight is 282 g/mol. The lowest BCUT2D eigenvalue weighted by atomic mass is 10.0. The highest BCUT2D eigenvalue weighted by molar-refractivity contribution is 5.26. The van der Waals surface area contributed by atoms with Crippen LogP contribution in [0.25, 0.3) is 0 Å². The molecule has 0 radical (unpaired) electrons. The fraction of sp³-hybridized carbons (Fsp3) is 0.625. The number of rotatable bonds is 9. The smallest absolute Gasteiger partial charge is 0.118 e. The number of methoxy groups -OCH3 is 1. The third-order valence-corrected chi connectivity index (χ3v) is 3.31. The molecule has 0 aliphatic rings. The van der Waals surface area contributed by atoms with Crippen LogP contribution < -0.4 is 4.74 Å². The molecule has 1 rings (SSSR count). The Kier molecular flexibility index (Phi) is 7.59. The molecule has 114 valence electrons. The Bertz CT molecular complexity index is 363. The van der Waals surface area contributed by atoms with Crippen LogP contribution in [0.15, 0.2) is 24.3 Å². The van der Waals surface area contributed by atoms with Crippen molar-refractivity contribution in [2.45, 2.75) is 58.0 Å². The number of aliphatic hydroxyl groups excluding tert-OH is 2. The van der Waals surface area contributed by atoms with Gasteiger partial charge in [0, 0.05) is 0 Å². The zero-order valence-electron chi connectivity index (χ0n) is 12.6. The number of ether oxygens (including phenoxy) is 2. The van der Waals surface area contributed by atoms with Crippen molar-refractivity contribution >= 4 is 0 Å². The summed E-state index contributed by atoms with van der Waals surface area (Å²) in [5.41, 5.74) is 1.07. The first kappa shape index (κ1) is 17.0. The number of benzene rings is 1. The molecule has 0 spiro atoms. The van der Waals surface area contributed by atoms with Gasteiger partial charge in [-0.1, -0.05) is 19.1 Å². The Morgan fingerprint density at radius 2 is 1.70 bits per heavy atom. The lowest BCUT2D eigenvalue weighted by Gasteiger charge is -2.19. The standard InChI is InChI=1S/C16H26O4/c1-4-14(17)10-15(18)9-12(2)20-11-13-5-7-16(19-3)8-6-13/h5-8,12,14-15,17-18H,4,9-11H2,1-3H3/t12-,14-,15-/m1/s1. The molecule has 1 aromatic carbocycles. The van der Waals surface area contributed by atoms with E-state index in [0.29, 0.717) is 25.9 Å². The second-order valence-electron chi connectivity index (χ2n) is 5.16. The van der Waals surface area contributed by atoms with Crippen LogP contribution >= 0.6 is 0 Å². The molecule has 0 aliphatic heterocycles. The summed E-state index contributed by atoms with van der Waals surface area (Å²) >= 11 is 0. The number of hydrogen-bond donors (Lipinski definition) is 2. The molecule has 3 atom stereocenters. The normalized spacial score (nSPS) is 15.7. The lowest BCUT2D eigenvalue weighted by molar-refractivity contribution is -0.000417. The zero-order valence-corrected chi connectivity index (χ0v) is 12.6. The van der Waals surface area contributed by atoms with Crippen LogP contribution in [-0.2, 0) is 11.3 Å². The molecular weight excluding hydrogens is 256 g/mol. The Morgan fingerprint density at radius 1 is 1.05 bits per heavy atom. The lowest BCUT2D eigenvalue weighted by Crippen LogP contribution is -2.22. The Hall–Kier alpha value is -1.10. The predicted molar refractivity (Wildman–Crippen MR) is 78.8 cm³/mol. The quantitative estimate of drug-likeness (QED) is 0.730. The Morgan fingerprint density at radius 3 is 2.25 bits per heavy atom. The molecular formula is C16H26O4. The monoisotopic (exact) mass is 282 g/mol. The van der Waals surface area contributed by atoms with E-state index in [1.165, 1.54) is 0 Å². The van der Waals surface area contributed by atoms with Gasteiger partial charge in [-0.25, -0.2) is 0 Å². The van der Waals surface area contributed by atoms with E-state index in [4.69, 9.17) is 9.47 Å². The summed E-state index contributed by atoms with van der Waals surface area (Å²) in [4.78, 5) is 0. The van der Waals surface area contributed by atoms with Crippen molar-refractivity contribution in [3.63, 3.8) is 0 Å². The molecule has 0 unspecified atom stereocenters. The van der Waals surface area contributed by atoms with Gasteiger partial charge < -0.3 is 19.7 Å². The van der Waals surface area contributed by atoms with Crippen molar-refractivity contribution in [2.24, 2.45) is 0 Å². The molecule has 0 saturated carbocycles. The van der Waals surface area contributed by atoms with Crippen LogP contribution in [0.3, 0.4) is 0 Å². The largest absolute Gasteiger partial charge is 0.497 e. The van der Waals surface area contributed by atoms with Crippen molar-refractivity contribution in [3.8, 4) is 5.75 Å².